The van der Waals surface area contributed by atoms with Crippen LogP contribution in [-0.2, 0) is 0 Å². The predicted molar refractivity (Wildman–Crippen MR) is 114 cm³/mol. The molecule has 144 valence electrons. The van der Waals surface area contributed by atoms with E-state index in [1.54, 1.807) is 24.4 Å². The van der Waals surface area contributed by atoms with E-state index >= 15 is 0 Å². The molecule has 7 heteroatoms. The van der Waals surface area contributed by atoms with Gasteiger partial charge in [-0.2, -0.15) is 0 Å². The first-order chi connectivity index (χ1) is 14.1. The van der Waals surface area contributed by atoms with Crippen molar-refractivity contribution < 1.29 is 0 Å². The summed E-state index contributed by atoms with van der Waals surface area (Å²) in [6, 6.07) is 20.6. The molecule has 1 unspecified atom stereocenters. The molecule has 0 aliphatic heterocycles. The fourth-order valence-electron chi connectivity index (χ4n) is 3.51. The first kappa shape index (κ1) is 18.4. The standard InChI is InChI=1S/C22H21N7/c23-18-9-1-6-15(27-18)21(14-5-4-12-26-13-14)22(16-7-2-10-19(24)28-16)17-8-3-11-20(25)29-17/h1-13,21-22H,(H2,23,27)(H2,24,28)(H2,25,29). The highest BCUT2D eigenvalue weighted by Crippen LogP contribution is 2.41. The molecule has 1 atom stereocenters. The van der Waals surface area contributed by atoms with Crippen molar-refractivity contribution in [3.63, 3.8) is 0 Å². The van der Waals surface area contributed by atoms with Gasteiger partial charge in [-0.3, -0.25) is 4.98 Å². The lowest BCUT2D eigenvalue weighted by Crippen LogP contribution is -2.19. The van der Waals surface area contributed by atoms with E-state index in [2.05, 4.69) is 19.9 Å². The van der Waals surface area contributed by atoms with Gasteiger partial charge in [0.05, 0.1) is 23.0 Å². The normalized spacial score (nSPS) is 12.0. The number of nitrogens with zero attached hydrogens (tertiary/aromatic N) is 4. The maximum Gasteiger partial charge on any atom is 0.123 e. The zero-order valence-electron chi connectivity index (χ0n) is 15.7. The molecule has 0 bridgehead atoms. The van der Waals surface area contributed by atoms with E-state index in [1.165, 1.54) is 0 Å². The summed E-state index contributed by atoms with van der Waals surface area (Å²) in [7, 11) is 0. The van der Waals surface area contributed by atoms with Gasteiger partial charge in [-0.15, -0.1) is 0 Å². The van der Waals surface area contributed by atoms with Crippen LogP contribution >= 0.6 is 0 Å². The topological polar surface area (TPSA) is 130 Å². The molecule has 0 aromatic carbocycles. The molecule has 0 amide bonds. The Hall–Kier alpha value is -4.00. The highest BCUT2D eigenvalue weighted by molar-refractivity contribution is 5.44. The Balaban J connectivity index is 1.98. The molecule has 29 heavy (non-hydrogen) atoms. The molecule has 0 radical (unpaired) electrons. The fourth-order valence-corrected chi connectivity index (χ4v) is 3.51. The Bertz CT molecular complexity index is 1070. The first-order valence-electron chi connectivity index (χ1n) is 9.19. The number of pyridine rings is 4. The molecule has 4 heterocycles. The summed E-state index contributed by atoms with van der Waals surface area (Å²) < 4.78 is 0. The minimum absolute atomic E-state index is 0.240. The van der Waals surface area contributed by atoms with Gasteiger partial charge < -0.3 is 17.2 Å². The Kier molecular flexibility index (Phi) is 5.03. The van der Waals surface area contributed by atoms with E-state index in [0.29, 0.717) is 17.5 Å². The van der Waals surface area contributed by atoms with Crippen molar-refractivity contribution in [3.8, 4) is 0 Å². The second-order valence-corrected chi connectivity index (χ2v) is 6.70. The van der Waals surface area contributed by atoms with Crippen molar-refractivity contribution in [1.82, 2.24) is 19.9 Å². The Morgan fingerprint density at radius 1 is 0.552 bits per heavy atom. The van der Waals surface area contributed by atoms with Gasteiger partial charge >= 0.3 is 0 Å². The molecule has 7 nitrogen and oxygen atoms in total. The van der Waals surface area contributed by atoms with E-state index in [-0.39, 0.29) is 11.8 Å². The van der Waals surface area contributed by atoms with E-state index in [4.69, 9.17) is 17.2 Å². The van der Waals surface area contributed by atoms with Crippen molar-refractivity contribution in [3.05, 3.63) is 102 Å². The third kappa shape index (κ3) is 3.98. The summed E-state index contributed by atoms with van der Waals surface area (Å²) in [6.45, 7) is 0. The molecule has 0 fully saturated rings. The monoisotopic (exact) mass is 383 g/mol. The number of hydrogen-bond donors (Lipinski definition) is 3. The van der Waals surface area contributed by atoms with Crippen molar-refractivity contribution in [2.45, 2.75) is 11.8 Å². The molecule has 0 aliphatic rings. The number of nitrogen functional groups attached to an aromatic ring is 3. The van der Waals surface area contributed by atoms with Crippen LogP contribution in [0.25, 0.3) is 0 Å². The van der Waals surface area contributed by atoms with Crippen LogP contribution in [0.2, 0.25) is 0 Å². The number of nitrogens with two attached hydrogens (primary N) is 3. The number of rotatable bonds is 5. The van der Waals surface area contributed by atoms with Gasteiger partial charge in [-0.1, -0.05) is 24.3 Å². The zero-order chi connectivity index (χ0) is 20.2. The van der Waals surface area contributed by atoms with Crippen molar-refractivity contribution in [1.29, 1.82) is 0 Å². The first-order valence-corrected chi connectivity index (χ1v) is 9.19. The molecule has 0 saturated heterocycles. The van der Waals surface area contributed by atoms with E-state index in [0.717, 1.165) is 22.6 Å². The van der Waals surface area contributed by atoms with Crippen LogP contribution in [-0.4, -0.2) is 19.9 Å². The molecular formula is C22H21N7. The van der Waals surface area contributed by atoms with Gasteiger partial charge in [0.1, 0.15) is 17.5 Å². The second kappa shape index (κ2) is 7.93. The van der Waals surface area contributed by atoms with Crippen LogP contribution in [0.15, 0.2) is 79.1 Å². The highest BCUT2D eigenvalue weighted by atomic mass is 14.9. The van der Waals surface area contributed by atoms with Crippen LogP contribution in [0, 0.1) is 0 Å². The lowest BCUT2D eigenvalue weighted by Gasteiger charge is -2.27. The maximum absolute atomic E-state index is 6.00. The smallest absolute Gasteiger partial charge is 0.123 e. The number of anilines is 3. The number of aromatic nitrogens is 4. The zero-order valence-corrected chi connectivity index (χ0v) is 15.7. The maximum atomic E-state index is 6.00. The molecule has 4 aromatic rings. The van der Waals surface area contributed by atoms with Crippen LogP contribution in [0.5, 0.6) is 0 Å². The summed E-state index contributed by atoms with van der Waals surface area (Å²) in [6.07, 6.45) is 3.56. The van der Waals surface area contributed by atoms with Gasteiger partial charge in [0.15, 0.2) is 0 Å². The van der Waals surface area contributed by atoms with E-state index in [9.17, 15) is 0 Å². The Morgan fingerprint density at radius 2 is 1.03 bits per heavy atom. The van der Waals surface area contributed by atoms with Crippen LogP contribution in [0.3, 0.4) is 0 Å². The van der Waals surface area contributed by atoms with Crippen LogP contribution < -0.4 is 17.2 Å². The largest absolute Gasteiger partial charge is 0.384 e. The van der Waals surface area contributed by atoms with Crippen molar-refractivity contribution in [2.75, 3.05) is 17.2 Å². The Labute approximate surface area is 168 Å². The molecular weight excluding hydrogens is 362 g/mol. The summed E-state index contributed by atoms with van der Waals surface area (Å²) in [5.41, 5.74) is 21.3. The second-order valence-electron chi connectivity index (χ2n) is 6.70. The average molecular weight is 383 g/mol. The lowest BCUT2D eigenvalue weighted by atomic mass is 9.79. The molecule has 4 rings (SSSR count). The quantitative estimate of drug-likeness (QED) is 0.483. The molecule has 0 saturated carbocycles. The van der Waals surface area contributed by atoms with Crippen molar-refractivity contribution in [2.24, 2.45) is 0 Å². The van der Waals surface area contributed by atoms with Gasteiger partial charge in [0.2, 0.25) is 0 Å². The molecule has 0 spiro atoms. The van der Waals surface area contributed by atoms with E-state index < -0.39 is 0 Å². The fraction of sp³-hybridized carbons (Fsp3) is 0.0909. The minimum Gasteiger partial charge on any atom is -0.384 e. The number of hydrogen-bond acceptors (Lipinski definition) is 7. The summed E-state index contributed by atoms with van der Waals surface area (Å²) in [5, 5.41) is 0. The predicted octanol–water partition coefficient (Wildman–Crippen LogP) is 2.98. The summed E-state index contributed by atoms with van der Waals surface area (Å²) >= 11 is 0. The van der Waals surface area contributed by atoms with Gasteiger partial charge in [-0.25, -0.2) is 15.0 Å². The third-order valence-electron chi connectivity index (χ3n) is 4.71. The summed E-state index contributed by atoms with van der Waals surface area (Å²) in [5.74, 6) is 0.774. The van der Waals surface area contributed by atoms with Crippen molar-refractivity contribution >= 4 is 17.5 Å². The highest BCUT2D eigenvalue weighted by Gasteiger charge is 2.32. The minimum atomic E-state index is -0.291. The van der Waals surface area contributed by atoms with E-state index in [1.807, 2.05) is 54.7 Å². The molecule has 6 N–H and O–H groups in total. The van der Waals surface area contributed by atoms with Gasteiger partial charge in [-0.05, 0) is 48.0 Å². The third-order valence-corrected chi connectivity index (χ3v) is 4.71. The van der Waals surface area contributed by atoms with Gasteiger partial charge in [0.25, 0.3) is 0 Å². The SMILES string of the molecule is Nc1cccc(C(c2cccnc2)C(c2cccc(N)n2)c2cccc(N)n2)n1. The average Bonchev–Trinajstić information content (AvgIpc) is 2.72. The Morgan fingerprint density at radius 3 is 1.45 bits per heavy atom. The molecule has 0 aliphatic carbocycles. The van der Waals surface area contributed by atoms with Gasteiger partial charge in [0, 0.05) is 18.3 Å². The molecule has 4 aromatic heterocycles. The van der Waals surface area contributed by atoms with Crippen LogP contribution in [0.1, 0.15) is 34.5 Å². The van der Waals surface area contributed by atoms with Crippen LogP contribution in [0.4, 0.5) is 17.5 Å². The lowest BCUT2D eigenvalue weighted by molar-refractivity contribution is 0.642. The summed E-state index contributed by atoms with van der Waals surface area (Å²) in [4.78, 5) is 18.1.